The molecule has 0 saturated carbocycles. The van der Waals surface area contributed by atoms with E-state index in [1.807, 2.05) is 0 Å². The predicted octanol–water partition coefficient (Wildman–Crippen LogP) is 1.56. The average molecular weight is 334 g/mol. The molecule has 0 bridgehead atoms. The Labute approximate surface area is 138 Å². The number of phenolic OH excluding ortho intramolecular Hbond substituents is 4. The summed E-state index contributed by atoms with van der Waals surface area (Å²) in [6.07, 6.45) is -0.732. The molecule has 1 aliphatic heterocycles. The number of ether oxygens (including phenoxy) is 2. The third-order valence-electron chi connectivity index (χ3n) is 4.16. The minimum atomic E-state index is -1.46. The van der Waals surface area contributed by atoms with Crippen molar-refractivity contribution in [1.82, 2.24) is 0 Å². The van der Waals surface area contributed by atoms with E-state index in [2.05, 4.69) is 0 Å². The maximum atomic E-state index is 11.0. The highest BCUT2D eigenvalue weighted by atomic mass is 16.5. The van der Waals surface area contributed by atoms with E-state index in [-0.39, 0.29) is 36.0 Å². The number of hydrogen-bond donors (Lipinski definition) is 5. The summed E-state index contributed by atoms with van der Waals surface area (Å²) in [5, 5.41) is 49.5. The number of phenols is 4. The van der Waals surface area contributed by atoms with Gasteiger partial charge in [-0.1, -0.05) is 6.07 Å². The summed E-state index contributed by atoms with van der Waals surface area (Å²) in [6, 6.07) is 7.06. The first-order valence-corrected chi connectivity index (χ1v) is 7.29. The minimum absolute atomic E-state index is 0.0695. The summed E-state index contributed by atoms with van der Waals surface area (Å²) in [4.78, 5) is 0. The number of aliphatic hydroxyl groups is 1. The van der Waals surface area contributed by atoms with Gasteiger partial charge in [-0.25, -0.2) is 0 Å². The number of fused-ring (bicyclic) bond motifs is 1. The maximum Gasteiger partial charge on any atom is 0.200 e. The van der Waals surface area contributed by atoms with Crippen LogP contribution in [0.15, 0.2) is 30.3 Å². The molecule has 2 aromatic rings. The fraction of sp³-hybridized carbons (Fsp3) is 0.294. The van der Waals surface area contributed by atoms with Crippen LogP contribution in [0.25, 0.3) is 0 Å². The molecule has 7 nitrogen and oxygen atoms in total. The Hall–Kier alpha value is -2.64. The molecule has 0 spiro atoms. The van der Waals surface area contributed by atoms with Crippen LogP contribution in [0.4, 0.5) is 0 Å². The molecule has 2 aromatic carbocycles. The second kappa shape index (κ2) is 5.77. The Balaban J connectivity index is 1.97. The van der Waals surface area contributed by atoms with Crippen LogP contribution in [0.1, 0.15) is 17.2 Å². The second-order valence-corrected chi connectivity index (χ2v) is 5.86. The molecular weight excluding hydrogens is 316 g/mol. The van der Waals surface area contributed by atoms with Gasteiger partial charge in [-0.2, -0.15) is 0 Å². The van der Waals surface area contributed by atoms with Crippen molar-refractivity contribution < 1.29 is 35.0 Å². The zero-order valence-electron chi connectivity index (χ0n) is 12.9. The van der Waals surface area contributed by atoms with E-state index >= 15 is 0 Å². The molecule has 0 amide bonds. The van der Waals surface area contributed by atoms with Crippen LogP contribution in [0, 0.1) is 0 Å². The SMILES string of the molecule is CO[C@H]1c2ccc(O)c(O)c2OC[C@]1(O)Cc1ccc(O)c(O)c1. The number of benzene rings is 2. The minimum Gasteiger partial charge on any atom is -0.504 e. The standard InChI is InChI=1S/C17H18O7/c1-23-16-10-3-5-12(19)14(21)15(10)24-8-17(16,22)7-9-2-4-11(18)13(20)6-9/h2-6,16,18-22H,7-8H2,1H3/t16-,17+/m0/s1. The molecule has 128 valence electrons. The van der Waals surface area contributed by atoms with E-state index in [1.165, 1.54) is 31.4 Å². The van der Waals surface area contributed by atoms with Crippen LogP contribution < -0.4 is 4.74 Å². The lowest BCUT2D eigenvalue weighted by atomic mass is 9.83. The molecular formula is C17H18O7. The van der Waals surface area contributed by atoms with E-state index in [4.69, 9.17) is 9.47 Å². The zero-order chi connectivity index (χ0) is 17.5. The van der Waals surface area contributed by atoms with Crippen molar-refractivity contribution in [2.75, 3.05) is 13.7 Å². The third kappa shape index (κ3) is 2.57. The van der Waals surface area contributed by atoms with Crippen LogP contribution >= 0.6 is 0 Å². The Morgan fingerprint density at radius 3 is 2.46 bits per heavy atom. The molecule has 0 fully saturated rings. The second-order valence-electron chi connectivity index (χ2n) is 5.86. The molecule has 5 N–H and O–H groups in total. The summed E-state index contributed by atoms with van der Waals surface area (Å²) in [7, 11) is 1.42. The molecule has 1 heterocycles. The lowest BCUT2D eigenvalue weighted by Gasteiger charge is -2.40. The Morgan fingerprint density at radius 1 is 1.08 bits per heavy atom. The van der Waals surface area contributed by atoms with E-state index < -0.39 is 17.5 Å². The van der Waals surface area contributed by atoms with Crippen LogP contribution in [-0.4, -0.2) is 44.9 Å². The number of hydrogen-bond acceptors (Lipinski definition) is 7. The van der Waals surface area contributed by atoms with Crippen molar-refractivity contribution >= 4 is 0 Å². The van der Waals surface area contributed by atoms with Crippen molar-refractivity contribution in [3.05, 3.63) is 41.5 Å². The molecule has 0 radical (unpaired) electrons. The van der Waals surface area contributed by atoms with E-state index in [1.54, 1.807) is 6.07 Å². The fourth-order valence-corrected chi connectivity index (χ4v) is 3.02. The number of methoxy groups -OCH3 is 1. The first-order chi connectivity index (χ1) is 11.4. The largest absolute Gasteiger partial charge is 0.504 e. The van der Waals surface area contributed by atoms with Gasteiger partial charge in [0.05, 0.1) is 0 Å². The van der Waals surface area contributed by atoms with E-state index in [0.717, 1.165) is 0 Å². The van der Waals surface area contributed by atoms with Crippen molar-refractivity contribution in [2.24, 2.45) is 0 Å². The average Bonchev–Trinajstić information content (AvgIpc) is 2.54. The Morgan fingerprint density at radius 2 is 1.79 bits per heavy atom. The van der Waals surface area contributed by atoms with Crippen LogP contribution in [0.2, 0.25) is 0 Å². The molecule has 0 saturated heterocycles. The van der Waals surface area contributed by atoms with Gasteiger partial charge in [0.1, 0.15) is 18.3 Å². The smallest absolute Gasteiger partial charge is 0.200 e. The monoisotopic (exact) mass is 334 g/mol. The first kappa shape index (κ1) is 16.2. The van der Waals surface area contributed by atoms with Crippen molar-refractivity contribution in [2.45, 2.75) is 18.1 Å². The van der Waals surface area contributed by atoms with Crippen LogP contribution in [0.3, 0.4) is 0 Å². The number of aromatic hydroxyl groups is 4. The van der Waals surface area contributed by atoms with Crippen molar-refractivity contribution in [3.8, 4) is 28.7 Å². The summed E-state index contributed by atoms with van der Waals surface area (Å²) >= 11 is 0. The lowest BCUT2D eigenvalue weighted by molar-refractivity contribution is -0.129. The van der Waals surface area contributed by atoms with Gasteiger partial charge in [0.25, 0.3) is 0 Å². The Kier molecular flexibility index (Phi) is 3.90. The molecule has 3 rings (SSSR count). The fourth-order valence-electron chi connectivity index (χ4n) is 3.02. The van der Waals surface area contributed by atoms with Gasteiger partial charge >= 0.3 is 0 Å². The van der Waals surface area contributed by atoms with Gasteiger partial charge in [-0.15, -0.1) is 0 Å². The molecule has 7 heteroatoms. The molecule has 24 heavy (non-hydrogen) atoms. The summed E-state index contributed by atoms with van der Waals surface area (Å²) in [5.41, 5.74) is -0.483. The first-order valence-electron chi connectivity index (χ1n) is 7.29. The normalized spacial score (nSPS) is 22.7. The van der Waals surface area contributed by atoms with Gasteiger partial charge in [-0.05, 0) is 29.8 Å². The molecule has 1 aliphatic rings. The van der Waals surface area contributed by atoms with Gasteiger partial charge < -0.3 is 35.0 Å². The zero-order valence-corrected chi connectivity index (χ0v) is 12.9. The highest BCUT2D eigenvalue weighted by molar-refractivity contribution is 5.56. The third-order valence-corrected chi connectivity index (χ3v) is 4.16. The van der Waals surface area contributed by atoms with Gasteiger partial charge in [0.2, 0.25) is 5.75 Å². The highest BCUT2D eigenvalue weighted by Gasteiger charge is 2.45. The topological polar surface area (TPSA) is 120 Å². The highest BCUT2D eigenvalue weighted by Crippen LogP contribution is 2.48. The van der Waals surface area contributed by atoms with E-state index in [9.17, 15) is 25.5 Å². The van der Waals surface area contributed by atoms with Gasteiger partial charge in [-0.3, -0.25) is 0 Å². The molecule has 0 unspecified atom stereocenters. The predicted molar refractivity (Wildman–Crippen MR) is 83.4 cm³/mol. The summed E-state index contributed by atoms with van der Waals surface area (Å²) < 4.78 is 10.9. The summed E-state index contributed by atoms with van der Waals surface area (Å²) in [5.74, 6) is -1.19. The molecule has 0 aliphatic carbocycles. The van der Waals surface area contributed by atoms with Gasteiger partial charge in [0.15, 0.2) is 23.0 Å². The maximum absolute atomic E-state index is 11.0. The van der Waals surface area contributed by atoms with Crippen molar-refractivity contribution in [3.63, 3.8) is 0 Å². The molecule has 2 atom stereocenters. The lowest BCUT2D eigenvalue weighted by Crippen LogP contribution is -2.48. The molecule has 0 aromatic heterocycles. The van der Waals surface area contributed by atoms with Crippen LogP contribution in [0.5, 0.6) is 28.7 Å². The summed E-state index contributed by atoms with van der Waals surface area (Å²) in [6.45, 7) is -0.183. The van der Waals surface area contributed by atoms with Crippen LogP contribution in [-0.2, 0) is 11.2 Å². The Bertz CT molecular complexity index is 774. The van der Waals surface area contributed by atoms with Gasteiger partial charge in [0, 0.05) is 19.1 Å². The van der Waals surface area contributed by atoms with Crippen molar-refractivity contribution in [1.29, 1.82) is 0 Å². The quantitative estimate of drug-likeness (QED) is 0.540. The van der Waals surface area contributed by atoms with E-state index in [0.29, 0.717) is 11.1 Å². The number of rotatable bonds is 3.